The third kappa shape index (κ3) is 11.4. The molecule has 0 radical (unpaired) electrons. The number of hydrogen-bond donors (Lipinski definition) is 0. The van der Waals surface area contributed by atoms with Crippen LogP contribution in [0.1, 0.15) is 74.3 Å². The number of sulfone groups is 1. The van der Waals surface area contributed by atoms with Crippen molar-refractivity contribution in [3.05, 3.63) is 139 Å². The number of allylic oxidation sites excluding steroid dienone is 1. The maximum Gasteiger partial charge on any atom is 0.261 e. The summed E-state index contributed by atoms with van der Waals surface area (Å²) < 4.78 is 56.2. The lowest BCUT2D eigenvalue weighted by Gasteiger charge is -2.43. The highest BCUT2D eigenvalue weighted by Gasteiger charge is 2.50. The van der Waals surface area contributed by atoms with Gasteiger partial charge in [-0.05, 0) is 57.3 Å². The topological polar surface area (TPSA) is 71.1 Å². The lowest BCUT2D eigenvalue weighted by Crippen LogP contribution is -2.67. The molecule has 0 aliphatic carbocycles. The van der Waals surface area contributed by atoms with Crippen LogP contribution in [0.2, 0.25) is 23.2 Å². The summed E-state index contributed by atoms with van der Waals surface area (Å²) in [6.45, 7) is 24.8. The van der Waals surface area contributed by atoms with Crippen LogP contribution in [-0.2, 0) is 34.8 Å². The molecule has 4 aromatic carbocycles. The van der Waals surface area contributed by atoms with E-state index < -0.39 is 38.0 Å². The molecule has 2 unspecified atom stereocenters. The molecule has 55 heavy (non-hydrogen) atoms. The number of rotatable bonds is 17. The second-order valence-corrected chi connectivity index (χ2v) is 29.0. The Bertz CT molecular complexity index is 1860. The third-order valence-corrected chi connectivity index (χ3v) is 21.9. The van der Waals surface area contributed by atoms with Crippen LogP contribution < -0.4 is 10.4 Å². The smallest absolute Gasteiger partial charge is 0.261 e. The summed E-state index contributed by atoms with van der Waals surface area (Å²) in [5.41, 5.74) is -0.577. The van der Waals surface area contributed by atoms with E-state index in [1.807, 2.05) is 54.6 Å². The molecule has 0 bridgehead atoms. The largest absolute Gasteiger partial charge is 0.546 e. The molecule has 0 heterocycles. The predicted molar refractivity (Wildman–Crippen MR) is 232 cm³/mol. The Kier molecular flexibility index (Phi) is 14.8. The summed E-state index contributed by atoms with van der Waals surface area (Å²) in [7, 11) is -9.10. The van der Waals surface area contributed by atoms with Crippen molar-refractivity contribution in [2.75, 3.05) is 13.2 Å². The zero-order valence-electron chi connectivity index (χ0n) is 35.0. The van der Waals surface area contributed by atoms with Crippen molar-refractivity contribution >= 4 is 36.8 Å². The van der Waals surface area contributed by atoms with Crippen molar-refractivity contribution < 1.29 is 26.7 Å². The standard InChI is InChI=1S/C46H64O6SSi2/c1-44(2,3)42(52-54(10,11)45(4,5)6)32-33-49-38(34-43(50-35-37-24-16-12-17-25-37)53(47,48)39-26-18-13-19-27-39)36-51-55(46(7,8)9,40-28-20-14-21-29-40)41-30-22-15-23-31-41/h12-32,38,43H,33-36H2,1-11H3/b42-32-. The van der Waals surface area contributed by atoms with Gasteiger partial charge in [0.2, 0.25) is 18.2 Å². The van der Waals surface area contributed by atoms with Gasteiger partial charge in [0, 0.05) is 11.8 Å². The van der Waals surface area contributed by atoms with Gasteiger partial charge in [0.1, 0.15) is 0 Å². The molecule has 0 saturated carbocycles. The van der Waals surface area contributed by atoms with Crippen LogP contribution >= 0.6 is 0 Å². The molecule has 0 amide bonds. The van der Waals surface area contributed by atoms with Gasteiger partial charge in [0.15, 0.2) is 5.44 Å². The summed E-state index contributed by atoms with van der Waals surface area (Å²) in [5, 5.41) is 2.01. The van der Waals surface area contributed by atoms with E-state index in [4.69, 9.17) is 18.3 Å². The average Bonchev–Trinajstić information content (AvgIpc) is 3.13. The quantitative estimate of drug-likeness (QED) is 0.0783. The molecule has 0 fully saturated rings. The minimum atomic E-state index is -3.94. The molecule has 0 saturated heterocycles. The molecule has 6 nitrogen and oxygen atoms in total. The van der Waals surface area contributed by atoms with Crippen LogP contribution in [0.15, 0.2) is 138 Å². The number of ether oxygens (including phenoxy) is 2. The molecule has 9 heteroatoms. The van der Waals surface area contributed by atoms with E-state index in [0.29, 0.717) is 0 Å². The Morgan fingerprint density at radius 3 is 1.58 bits per heavy atom. The Balaban J connectivity index is 1.79. The Morgan fingerprint density at radius 1 is 0.655 bits per heavy atom. The molecule has 0 aromatic heterocycles. The van der Waals surface area contributed by atoms with E-state index >= 15 is 0 Å². The highest BCUT2D eigenvalue weighted by Crippen LogP contribution is 2.41. The molecule has 0 aliphatic heterocycles. The SMILES string of the molecule is CC(C)(C)/C(=C/COC(CO[Si](c1ccccc1)(c1ccccc1)C(C)(C)C)CC(OCc1ccccc1)S(=O)(=O)c1ccccc1)O[Si](C)(C)C(C)(C)C. The molecule has 4 rings (SSSR count). The second-order valence-electron chi connectivity index (χ2n) is 17.9. The molecular weight excluding hydrogens is 737 g/mol. The highest BCUT2D eigenvalue weighted by molar-refractivity contribution is 7.91. The van der Waals surface area contributed by atoms with Crippen molar-refractivity contribution in [1.29, 1.82) is 0 Å². The summed E-state index contributed by atoms with van der Waals surface area (Å²) in [5.74, 6) is 0.875. The number of hydrogen-bond acceptors (Lipinski definition) is 6. The van der Waals surface area contributed by atoms with Crippen LogP contribution in [-0.4, -0.2) is 49.8 Å². The Labute approximate surface area is 334 Å². The maximum atomic E-state index is 14.4. The van der Waals surface area contributed by atoms with Crippen molar-refractivity contribution in [3.63, 3.8) is 0 Å². The fourth-order valence-corrected chi connectivity index (χ4v) is 13.8. The molecule has 0 aliphatic rings. The van der Waals surface area contributed by atoms with Crippen molar-refractivity contribution in [1.82, 2.24) is 0 Å². The van der Waals surface area contributed by atoms with E-state index in [-0.39, 0.29) is 46.6 Å². The summed E-state index contributed by atoms with van der Waals surface area (Å²) in [4.78, 5) is 0.206. The fourth-order valence-electron chi connectivity index (χ4n) is 6.38. The molecular formula is C46H64O6SSi2. The molecule has 298 valence electrons. The third-order valence-electron chi connectivity index (χ3n) is 10.6. The summed E-state index contributed by atoms with van der Waals surface area (Å²) in [6, 6.07) is 39.1. The van der Waals surface area contributed by atoms with Crippen molar-refractivity contribution in [3.8, 4) is 0 Å². The van der Waals surface area contributed by atoms with Crippen LogP contribution in [0.5, 0.6) is 0 Å². The molecule has 4 aromatic rings. The highest BCUT2D eigenvalue weighted by atomic mass is 32.2. The first-order chi connectivity index (χ1) is 25.7. The van der Waals surface area contributed by atoms with Gasteiger partial charge >= 0.3 is 0 Å². The van der Waals surface area contributed by atoms with Crippen molar-refractivity contribution in [2.45, 2.75) is 115 Å². The van der Waals surface area contributed by atoms with E-state index in [0.717, 1.165) is 21.7 Å². The van der Waals surface area contributed by atoms with Gasteiger partial charge in [-0.1, -0.05) is 172 Å². The van der Waals surface area contributed by atoms with Gasteiger partial charge in [0.05, 0.1) is 36.6 Å². The van der Waals surface area contributed by atoms with Crippen LogP contribution in [0, 0.1) is 5.41 Å². The lowest BCUT2D eigenvalue weighted by molar-refractivity contribution is -0.00869. The average molecular weight is 801 g/mol. The van der Waals surface area contributed by atoms with E-state index in [9.17, 15) is 8.42 Å². The minimum absolute atomic E-state index is 0.0134. The summed E-state index contributed by atoms with van der Waals surface area (Å²) in [6.07, 6.45) is 1.44. The van der Waals surface area contributed by atoms with Crippen molar-refractivity contribution in [2.24, 2.45) is 5.41 Å². The van der Waals surface area contributed by atoms with Crippen LogP contribution in [0.3, 0.4) is 0 Å². The zero-order valence-corrected chi connectivity index (χ0v) is 37.8. The Morgan fingerprint density at radius 2 is 1.13 bits per heavy atom. The van der Waals surface area contributed by atoms with Gasteiger partial charge in [-0.25, -0.2) is 8.42 Å². The van der Waals surface area contributed by atoms with E-state index in [1.165, 1.54) is 0 Å². The normalized spacial score (nSPS) is 14.7. The van der Waals surface area contributed by atoms with E-state index in [2.05, 4.69) is 124 Å². The lowest BCUT2D eigenvalue weighted by atomic mass is 9.94. The van der Waals surface area contributed by atoms with Gasteiger partial charge in [-0.2, -0.15) is 0 Å². The maximum absolute atomic E-state index is 14.4. The molecule has 2 atom stereocenters. The first-order valence-electron chi connectivity index (χ1n) is 19.4. The van der Waals surface area contributed by atoms with Gasteiger partial charge < -0.3 is 18.3 Å². The fraction of sp³-hybridized carbons (Fsp3) is 0.435. The van der Waals surface area contributed by atoms with Crippen LogP contribution in [0.4, 0.5) is 0 Å². The first-order valence-corrected chi connectivity index (χ1v) is 25.8. The van der Waals surface area contributed by atoms with E-state index in [1.54, 1.807) is 24.3 Å². The Hall–Kier alpha value is -3.32. The molecule has 0 N–H and O–H groups in total. The molecule has 0 spiro atoms. The second kappa shape index (κ2) is 18.3. The number of benzene rings is 4. The monoisotopic (exact) mass is 800 g/mol. The summed E-state index contributed by atoms with van der Waals surface area (Å²) >= 11 is 0. The zero-order chi connectivity index (χ0) is 40.5. The van der Waals surface area contributed by atoms with Gasteiger partial charge in [-0.15, -0.1) is 0 Å². The van der Waals surface area contributed by atoms with Gasteiger partial charge in [0.25, 0.3) is 8.32 Å². The predicted octanol–water partition coefficient (Wildman–Crippen LogP) is 10.3. The van der Waals surface area contributed by atoms with Gasteiger partial charge in [-0.3, -0.25) is 0 Å². The first kappa shape index (κ1) is 44.4. The minimum Gasteiger partial charge on any atom is -0.546 e. The van der Waals surface area contributed by atoms with Crippen LogP contribution in [0.25, 0.3) is 0 Å².